The molecule has 9 aromatic carbocycles. The molecular weight excluding hydrogens is 725 g/mol. The SMILES string of the molecule is CC1(C)c2ccccc2-c2c(N(c3ccccc3-c3ccccc3)c3cccc4c5ccccc5n(C5(c6ccccc6)c6ccccc6-c6ccccc65)c34)cccc21. The first-order chi connectivity index (χ1) is 29.6. The lowest BCUT2D eigenvalue weighted by molar-refractivity contribution is 0.564. The Morgan fingerprint density at radius 3 is 1.60 bits per heavy atom. The standard InChI is InChI=1S/C58H42N2/c1-57(2)47-31-14-11-29-46(47)55-50(57)34-20-37-53(55)59(51-35-17-12-25-41(51)39-21-5-3-6-22-39)54-38-19-30-45-44-28-13-18-36-52(44)60(56(45)54)58(40-23-7-4-8-24-40)48-32-15-9-26-42(48)43-27-10-16-33-49(43)58/h3-38H,1-2H3. The largest absolute Gasteiger partial charge is 0.320 e. The van der Waals surface area contributed by atoms with Gasteiger partial charge in [0.15, 0.2) is 0 Å². The van der Waals surface area contributed by atoms with E-state index in [4.69, 9.17) is 0 Å². The molecule has 2 heteroatoms. The van der Waals surface area contributed by atoms with Crippen LogP contribution in [-0.2, 0) is 11.0 Å². The molecule has 60 heavy (non-hydrogen) atoms. The van der Waals surface area contributed by atoms with Crippen molar-refractivity contribution in [3.63, 3.8) is 0 Å². The average molecular weight is 767 g/mol. The summed E-state index contributed by atoms with van der Waals surface area (Å²) >= 11 is 0. The highest BCUT2D eigenvalue weighted by molar-refractivity contribution is 6.15. The Hall–Kier alpha value is -7.42. The molecule has 0 spiro atoms. The molecule has 0 amide bonds. The minimum absolute atomic E-state index is 0.165. The fraction of sp³-hybridized carbons (Fsp3) is 0.0690. The molecule has 1 aromatic heterocycles. The van der Waals surface area contributed by atoms with E-state index in [-0.39, 0.29) is 5.41 Å². The van der Waals surface area contributed by atoms with E-state index in [1.807, 2.05) is 0 Å². The second-order valence-electron chi connectivity index (χ2n) is 16.8. The first-order valence-electron chi connectivity index (χ1n) is 21.0. The summed E-state index contributed by atoms with van der Waals surface area (Å²) in [7, 11) is 0. The molecular formula is C58H42N2. The second kappa shape index (κ2) is 13.0. The third kappa shape index (κ3) is 4.65. The quantitative estimate of drug-likeness (QED) is 0.164. The van der Waals surface area contributed by atoms with Gasteiger partial charge in [0, 0.05) is 27.3 Å². The Morgan fingerprint density at radius 1 is 0.367 bits per heavy atom. The molecule has 0 saturated heterocycles. The zero-order chi connectivity index (χ0) is 40.0. The van der Waals surface area contributed by atoms with Gasteiger partial charge >= 0.3 is 0 Å². The lowest BCUT2D eigenvalue weighted by Crippen LogP contribution is -2.36. The van der Waals surface area contributed by atoms with Crippen LogP contribution in [0.5, 0.6) is 0 Å². The Bertz CT molecular complexity index is 3250. The van der Waals surface area contributed by atoms with Crippen LogP contribution in [0.15, 0.2) is 218 Å². The molecule has 10 aromatic rings. The second-order valence-corrected chi connectivity index (χ2v) is 16.8. The van der Waals surface area contributed by atoms with Crippen molar-refractivity contribution in [3.05, 3.63) is 246 Å². The summed E-state index contributed by atoms with van der Waals surface area (Å²) in [6, 6.07) is 81.1. The molecule has 0 unspecified atom stereocenters. The van der Waals surface area contributed by atoms with Crippen molar-refractivity contribution in [2.75, 3.05) is 4.90 Å². The van der Waals surface area contributed by atoms with E-state index in [0.717, 1.165) is 11.4 Å². The fourth-order valence-electron chi connectivity index (χ4n) is 10.9. The lowest BCUT2D eigenvalue weighted by Gasteiger charge is -2.38. The maximum absolute atomic E-state index is 2.70. The van der Waals surface area contributed by atoms with E-state index >= 15 is 0 Å². The molecule has 0 atom stereocenters. The molecule has 0 radical (unpaired) electrons. The first-order valence-corrected chi connectivity index (χ1v) is 21.0. The van der Waals surface area contributed by atoms with Crippen molar-refractivity contribution >= 4 is 38.9 Å². The van der Waals surface area contributed by atoms with Crippen molar-refractivity contribution < 1.29 is 0 Å². The highest BCUT2D eigenvalue weighted by Gasteiger charge is 2.48. The van der Waals surface area contributed by atoms with Crippen LogP contribution in [0.25, 0.3) is 55.2 Å². The van der Waals surface area contributed by atoms with Gasteiger partial charge in [0.05, 0.1) is 28.1 Å². The minimum Gasteiger partial charge on any atom is -0.320 e. The molecule has 0 bridgehead atoms. The summed E-state index contributed by atoms with van der Waals surface area (Å²) in [6.07, 6.45) is 0. The summed E-state index contributed by atoms with van der Waals surface area (Å²) in [6.45, 7) is 4.75. The van der Waals surface area contributed by atoms with E-state index in [0.29, 0.717) is 0 Å². The van der Waals surface area contributed by atoms with Crippen LogP contribution in [0.4, 0.5) is 17.1 Å². The Kier molecular flexibility index (Phi) is 7.52. The highest BCUT2D eigenvalue weighted by Crippen LogP contribution is 2.59. The number of fused-ring (bicyclic) bond motifs is 9. The van der Waals surface area contributed by atoms with Gasteiger partial charge in [-0.15, -0.1) is 0 Å². The number of hydrogen-bond donors (Lipinski definition) is 0. The molecule has 1 heterocycles. The van der Waals surface area contributed by atoms with Crippen LogP contribution in [0.2, 0.25) is 0 Å². The van der Waals surface area contributed by atoms with Gasteiger partial charge in [-0.1, -0.05) is 208 Å². The van der Waals surface area contributed by atoms with Crippen LogP contribution in [0.1, 0.15) is 41.7 Å². The van der Waals surface area contributed by atoms with E-state index in [9.17, 15) is 0 Å². The van der Waals surface area contributed by atoms with Crippen molar-refractivity contribution in [2.45, 2.75) is 24.8 Å². The van der Waals surface area contributed by atoms with Crippen LogP contribution in [0, 0.1) is 0 Å². The number of rotatable bonds is 6. The normalized spacial score (nSPS) is 14.1. The van der Waals surface area contributed by atoms with Gasteiger partial charge in [-0.05, 0) is 74.3 Å². The van der Waals surface area contributed by atoms with Crippen LogP contribution in [-0.4, -0.2) is 4.57 Å². The van der Waals surface area contributed by atoms with Crippen molar-refractivity contribution in [1.82, 2.24) is 4.57 Å². The van der Waals surface area contributed by atoms with Gasteiger partial charge in [0.1, 0.15) is 5.54 Å². The number of nitrogens with zero attached hydrogens (tertiary/aromatic N) is 2. The molecule has 0 aliphatic heterocycles. The maximum atomic E-state index is 2.70. The predicted molar refractivity (Wildman–Crippen MR) is 251 cm³/mol. The van der Waals surface area contributed by atoms with Crippen molar-refractivity contribution in [3.8, 4) is 33.4 Å². The average Bonchev–Trinajstić information content (AvgIpc) is 3.89. The van der Waals surface area contributed by atoms with Gasteiger partial charge in [0.25, 0.3) is 0 Å². The van der Waals surface area contributed by atoms with Gasteiger partial charge in [-0.25, -0.2) is 0 Å². The maximum Gasteiger partial charge on any atom is 0.122 e. The molecule has 0 saturated carbocycles. The zero-order valence-corrected chi connectivity index (χ0v) is 33.7. The highest BCUT2D eigenvalue weighted by atomic mass is 15.2. The summed E-state index contributed by atoms with van der Waals surface area (Å²) in [5.74, 6) is 0. The van der Waals surface area contributed by atoms with Gasteiger partial charge in [-0.2, -0.15) is 0 Å². The smallest absolute Gasteiger partial charge is 0.122 e. The third-order valence-corrected chi connectivity index (χ3v) is 13.4. The topological polar surface area (TPSA) is 8.17 Å². The predicted octanol–water partition coefficient (Wildman–Crippen LogP) is 15.1. The molecule has 0 N–H and O–H groups in total. The Morgan fingerprint density at radius 2 is 0.867 bits per heavy atom. The Balaban J connectivity index is 1.28. The minimum atomic E-state index is -0.691. The third-order valence-electron chi connectivity index (χ3n) is 13.4. The van der Waals surface area contributed by atoms with Gasteiger partial charge < -0.3 is 9.47 Å². The zero-order valence-electron chi connectivity index (χ0n) is 33.7. The van der Waals surface area contributed by atoms with E-state index in [1.54, 1.807) is 0 Å². The summed E-state index contributed by atoms with van der Waals surface area (Å²) in [5, 5.41) is 2.45. The molecule has 12 rings (SSSR count). The lowest BCUT2D eigenvalue weighted by atomic mass is 9.80. The molecule has 0 fully saturated rings. The molecule has 2 aliphatic rings. The summed E-state index contributed by atoms with van der Waals surface area (Å²) < 4.78 is 2.70. The Labute approximate surface area is 351 Å². The number of para-hydroxylation sites is 3. The molecule has 2 nitrogen and oxygen atoms in total. The summed E-state index contributed by atoms with van der Waals surface area (Å²) in [4.78, 5) is 2.59. The summed E-state index contributed by atoms with van der Waals surface area (Å²) in [5.41, 5.74) is 18.9. The van der Waals surface area contributed by atoms with Crippen LogP contribution in [0.3, 0.4) is 0 Å². The van der Waals surface area contributed by atoms with Crippen molar-refractivity contribution in [1.29, 1.82) is 0 Å². The van der Waals surface area contributed by atoms with Crippen molar-refractivity contribution in [2.24, 2.45) is 0 Å². The number of aromatic nitrogens is 1. The molecule has 284 valence electrons. The van der Waals surface area contributed by atoms with E-state index < -0.39 is 5.54 Å². The van der Waals surface area contributed by atoms with E-state index in [1.165, 1.54) is 88.7 Å². The van der Waals surface area contributed by atoms with E-state index in [2.05, 4.69) is 242 Å². The van der Waals surface area contributed by atoms with Gasteiger partial charge in [0.2, 0.25) is 0 Å². The number of benzene rings is 9. The number of hydrogen-bond acceptors (Lipinski definition) is 1. The molecule has 2 aliphatic carbocycles. The van der Waals surface area contributed by atoms with Crippen LogP contribution < -0.4 is 4.90 Å². The fourth-order valence-corrected chi connectivity index (χ4v) is 10.9. The van der Waals surface area contributed by atoms with Crippen LogP contribution >= 0.6 is 0 Å². The number of anilines is 3. The first kappa shape index (κ1) is 34.6. The van der Waals surface area contributed by atoms with Gasteiger partial charge in [-0.3, -0.25) is 0 Å². The monoisotopic (exact) mass is 766 g/mol.